The van der Waals surface area contributed by atoms with Gasteiger partial charge in [-0.3, -0.25) is 9.97 Å². The largest absolute Gasteiger partial charge is 0.497 e. The lowest BCUT2D eigenvalue weighted by Gasteiger charge is -2.26. The maximum absolute atomic E-state index is 12.0. The predicted octanol–water partition coefficient (Wildman–Crippen LogP) is 8.26. The van der Waals surface area contributed by atoms with Crippen LogP contribution in [0, 0.1) is 0 Å². The van der Waals surface area contributed by atoms with Crippen molar-refractivity contribution in [2.45, 2.75) is 0 Å². The van der Waals surface area contributed by atoms with Gasteiger partial charge in [-0.15, -0.1) is 0 Å². The summed E-state index contributed by atoms with van der Waals surface area (Å²) < 4.78 is 10.7. The quantitative estimate of drug-likeness (QED) is 0.141. The molecule has 10 heteroatoms. The van der Waals surface area contributed by atoms with Gasteiger partial charge < -0.3 is 24.6 Å². The molecule has 6 rings (SSSR count). The van der Waals surface area contributed by atoms with Gasteiger partial charge in [0.25, 0.3) is 0 Å². The number of hydrogen-bond donors (Lipinski definition) is 2. The lowest BCUT2D eigenvalue weighted by molar-refractivity contribution is 0.0686. The van der Waals surface area contributed by atoms with Crippen molar-refractivity contribution in [1.29, 1.82) is 0 Å². The third-order valence-electron chi connectivity index (χ3n) is 7.67. The zero-order valence-electron chi connectivity index (χ0n) is 26.5. The fourth-order valence-corrected chi connectivity index (χ4v) is 5.15. The number of ether oxygens (including phenoxy) is 2. The fourth-order valence-electron chi connectivity index (χ4n) is 5.15. The monoisotopic (exact) mass is 650 g/mol. The van der Waals surface area contributed by atoms with Crippen LogP contribution in [-0.2, 0) is 0 Å². The van der Waals surface area contributed by atoms with Crippen LogP contribution >= 0.6 is 0 Å². The van der Waals surface area contributed by atoms with E-state index in [2.05, 4.69) is 19.9 Å². The molecule has 0 aliphatic heterocycles. The van der Waals surface area contributed by atoms with Crippen LogP contribution in [0.2, 0.25) is 0 Å². The molecule has 6 aromatic rings. The second-order valence-electron chi connectivity index (χ2n) is 10.8. The first-order valence-corrected chi connectivity index (χ1v) is 15.1. The molecule has 3 aromatic heterocycles. The van der Waals surface area contributed by atoms with Crippen LogP contribution in [0.4, 0.5) is 17.1 Å². The topological polar surface area (TPSA) is 135 Å². The van der Waals surface area contributed by atoms with Crippen LogP contribution in [0.1, 0.15) is 31.8 Å². The van der Waals surface area contributed by atoms with E-state index < -0.39 is 11.9 Å². The van der Waals surface area contributed by atoms with Gasteiger partial charge in [-0.05, 0) is 108 Å². The summed E-state index contributed by atoms with van der Waals surface area (Å²) in [6.45, 7) is 0. The third-order valence-corrected chi connectivity index (χ3v) is 7.67. The summed E-state index contributed by atoms with van der Waals surface area (Å²) in [5.41, 5.74) is 5.89. The molecule has 0 saturated heterocycles. The SMILES string of the molecule is COc1ccc(N(c2ccc(/C=C/c3ccnc(-c4cc(C(=O)O)cc(-c5cc(C(=O)O)ccn5)n4)c3)cc2)c2ccc(OC)cc2)cc1. The van der Waals surface area contributed by atoms with Crippen molar-refractivity contribution < 1.29 is 29.3 Å². The summed E-state index contributed by atoms with van der Waals surface area (Å²) >= 11 is 0. The van der Waals surface area contributed by atoms with Gasteiger partial charge in [0.05, 0.1) is 48.1 Å². The highest BCUT2D eigenvalue weighted by atomic mass is 16.5. The number of benzene rings is 3. The van der Waals surface area contributed by atoms with E-state index in [1.807, 2.05) is 91.0 Å². The molecule has 0 bridgehead atoms. The first-order valence-electron chi connectivity index (χ1n) is 15.1. The number of methoxy groups -OCH3 is 2. The Labute approximate surface area is 282 Å². The Morgan fingerprint density at radius 1 is 0.551 bits per heavy atom. The molecule has 49 heavy (non-hydrogen) atoms. The first kappa shape index (κ1) is 32.1. The molecule has 0 atom stereocenters. The van der Waals surface area contributed by atoms with E-state index in [1.165, 1.54) is 30.5 Å². The van der Waals surface area contributed by atoms with Crippen LogP contribution in [0.3, 0.4) is 0 Å². The third kappa shape index (κ3) is 7.44. The van der Waals surface area contributed by atoms with Gasteiger partial charge in [0, 0.05) is 29.5 Å². The van der Waals surface area contributed by atoms with Crippen molar-refractivity contribution in [3.8, 4) is 34.3 Å². The van der Waals surface area contributed by atoms with E-state index in [4.69, 9.17) is 9.47 Å². The number of anilines is 3. The molecule has 0 unspecified atom stereocenters. The van der Waals surface area contributed by atoms with Gasteiger partial charge in [-0.2, -0.15) is 0 Å². The molecule has 10 nitrogen and oxygen atoms in total. The standard InChI is InChI=1S/C39H30N4O6/c1-48-32-13-9-30(10-14-32)43(31-11-15-33(49-2)16-12-31)29-7-5-25(6-8-29)3-4-26-17-19-40-34(21-26)36-23-28(39(46)47)24-37(42-36)35-22-27(38(44)45)18-20-41-35/h3-24H,1-2H3,(H,44,45)(H,46,47)/b4-3+. The summed E-state index contributed by atoms with van der Waals surface area (Å²) in [4.78, 5) is 38.8. The number of aromatic nitrogens is 3. The molecule has 3 heterocycles. The van der Waals surface area contributed by atoms with E-state index in [9.17, 15) is 19.8 Å². The smallest absolute Gasteiger partial charge is 0.335 e. The van der Waals surface area contributed by atoms with Gasteiger partial charge in [-0.1, -0.05) is 24.3 Å². The maximum atomic E-state index is 12.0. The highest BCUT2D eigenvalue weighted by Gasteiger charge is 2.15. The molecule has 0 radical (unpaired) electrons. The maximum Gasteiger partial charge on any atom is 0.335 e. The molecular weight excluding hydrogens is 620 g/mol. The summed E-state index contributed by atoms with van der Waals surface area (Å²) in [5, 5.41) is 19.2. The molecular formula is C39H30N4O6. The number of aromatic carboxylic acids is 2. The first-order chi connectivity index (χ1) is 23.8. The normalized spacial score (nSPS) is 10.9. The molecule has 0 aliphatic carbocycles. The molecule has 0 fully saturated rings. The lowest BCUT2D eigenvalue weighted by Crippen LogP contribution is -2.09. The number of nitrogens with zero attached hydrogens (tertiary/aromatic N) is 4. The number of hydrogen-bond acceptors (Lipinski definition) is 8. The van der Waals surface area contributed by atoms with Gasteiger partial charge >= 0.3 is 11.9 Å². The fraction of sp³-hybridized carbons (Fsp3) is 0.0513. The Hall–Kier alpha value is -6.81. The molecule has 0 amide bonds. The molecule has 2 N–H and O–H groups in total. The summed E-state index contributed by atoms with van der Waals surface area (Å²) in [6, 6.07) is 33.0. The Balaban J connectivity index is 1.27. The van der Waals surface area contributed by atoms with E-state index in [0.717, 1.165) is 39.7 Å². The van der Waals surface area contributed by atoms with Gasteiger partial charge in [0.2, 0.25) is 0 Å². The Morgan fingerprint density at radius 3 is 1.51 bits per heavy atom. The van der Waals surface area contributed by atoms with Crippen molar-refractivity contribution in [2.24, 2.45) is 0 Å². The van der Waals surface area contributed by atoms with Gasteiger partial charge in [0.15, 0.2) is 0 Å². The lowest BCUT2D eigenvalue weighted by atomic mass is 10.1. The van der Waals surface area contributed by atoms with E-state index in [0.29, 0.717) is 11.4 Å². The molecule has 0 aliphatic rings. The average Bonchev–Trinajstić information content (AvgIpc) is 3.15. The molecule has 0 saturated carbocycles. The van der Waals surface area contributed by atoms with Crippen molar-refractivity contribution in [2.75, 3.05) is 19.1 Å². The predicted molar refractivity (Wildman–Crippen MR) is 188 cm³/mol. The summed E-state index contributed by atoms with van der Waals surface area (Å²) in [6.07, 6.45) is 6.88. The Bertz CT molecular complexity index is 2100. The molecule has 242 valence electrons. The Morgan fingerprint density at radius 2 is 1.00 bits per heavy atom. The van der Waals surface area contributed by atoms with Crippen LogP contribution in [0.5, 0.6) is 11.5 Å². The second kappa shape index (κ2) is 14.3. The molecule has 0 spiro atoms. The van der Waals surface area contributed by atoms with Crippen molar-refractivity contribution in [3.63, 3.8) is 0 Å². The van der Waals surface area contributed by atoms with Crippen molar-refractivity contribution in [3.05, 3.63) is 144 Å². The van der Waals surface area contributed by atoms with Crippen LogP contribution in [-0.4, -0.2) is 51.3 Å². The number of pyridine rings is 3. The number of rotatable bonds is 11. The zero-order chi connectivity index (χ0) is 34.3. The van der Waals surface area contributed by atoms with E-state index in [-0.39, 0.29) is 22.5 Å². The zero-order valence-corrected chi connectivity index (χ0v) is 26.5. The van der Waals surface area contributed by atoms with Crippen LogP contribution < -0.4 is 14.4 Å². The second-order valence-corrected chi connectivity index (χ2v) is 10.8. The van der Waals surface area contributed by atoms with Crippen molar-refractivity contribution in [1.82, 2.24) is 15.0 Å². The summed E-state index contributed by atoms with van der Waals surface area (Å²) in [7, 11) is 3.28. The van der Waals surface area contributed by atoms with Gasteiger partial charge in [0.1, 0.15) is 11.5 Å². The average molecular weight is 651 g/mol. The highest BCUT2D eigenvalue weighted by molar-refractivity contribution is 5.91. The van der Waals surface area contributed by atoms with Crippen LogP contribution in [0.25, 0.3) is 34.9 Å². The van der Waals surface area contributed by atoms with Crippen LogP contribution in [0.15, 0.2) is 122 Å². The minimum absolute atomic E-state index is 0.0153. The van der Waals surface area contributed by atoms with E-state index in [1.54, 1.807) is 26.5 Å². The minimum atomic E-state index is -1.16. The van der Waals surface area contributed by atoms with Gasteiger partial charge in [-0.25, -0.2) is 14.6 Å². The minimum Gasteiger partial charge on any atom is -0.497 e. The Kier molecular flexibility index (Phi) is 9.39. The van der Waals surface area contributed by atoms with E-state index >= 15 is 0 Å². The number of carboxylic acids is 2. The number of carbonyl (C=O) groups is 2. The highest BCUT2D eigenvalue weighted by Crippen LogP contribution is 2.36. The molecule has 3 aromatic carbocycles. The van der Waals surface area contributed by atoms with Crippen molar-refractivity contribution >= 4 is 41.2 Å². The number of carboxylic acid groups (broad SMARTS) is 2. The summed E-state index contributed by atoms with van der Waals surface area (Å²) in [5.74, 6) is -0.741.